The van der Waals surface area contributed by atoms with Crippen LogP contribution in [0.15, 0.2) is 16.8 Å². The van der Waals surface area contributed by atoms with Crippen molar-refractivity contribution >= 4 is 23.1 Å². The number of nitrogens with two attached hydrogens (primary N) is 1. The van der Waals surface area contributed by atoms with E-state index in [1.54, 1.807) is 6.07 Å². The van der Waals surface area contributed by atoms with Gasteiger partial charge in [-0.25, -0.2) is 9.78 Å². The summed E-state index contributed by atoms with van der Waals surface area (Å²) in [6.45, 7) is 4.14. The predicted molar refractivity (Wildman–Crippen MR) is 73.8 cm³/mol. The van der Waals surface area contributed by atoms with Crippen molar-refractivity contribution in [2.24, 2.45) is 5.73 Å². The lowest BCUT2D eigenvalue weighted by molar-refractivity contribution is 0.0936. The largest absolute Gasteiger partial charge is 0.448 e. The highest BCUT2D eigenvalue weighted by molar-refractivity contribution is 5.97. The number of hydrogen-bond acceptors (Lipinski definition) is 6. The Morgan fingerprint density at radius 2 is 2.24 bits per heavy atom. The Balaban J connectivity index is 2.09. The number of aromatic nitrogens is 2. The monoisotopic (exact) mass is 292 g/mol. The summed E-state index contributed by atoms with van der Waals surface area (Å²) in [5.41, 5.74) is 6.35. The molecule has 0 fully saturated rings. The lowest BCUT2D eigenvalue weighted by Crippen LogP contribution is -2.29. The van der Waals surface area contributed by atoms with Crippen LogP contribution in [0.1, 0.15) is 35.8 Å². The Hall–Kier alpha value is -2.64. The summed E-state index contributed by atoms with van der Waals surface area (Å²) < 4.78 is 9.63. The zero-order chi connectivity index (χ0) is 15.4. The van der Waals surface area contributed by atoms with Gasteiger partial charge >= 0.3 is 6.09 Å². The first kappa shape index (κ1) is 14.8. The molecule has 0 unspecified atom stereocenters. The van der Waals surface area contributed by atoms with Crippen LogP contribution in [0.4, 0.5) is 4.79 Å². The van der Waals surface area contributed by atoms with Crippen molar-refractivity contribution in [3.63, 3.8) is 0 Å². The molecule has 3 N–H and O–H groups in total. The quantitative estimate of drug-likeness (QED) is 0.798. The van der Waals surface area contributed by atoms with E-state index in [0.717, 1.165) is 5.69 Å². The third-order valence-electron chi connectivity index (χ3n) is 2.80. The van der Waals surface area contributed by atoms with E-state index >= 15 is 0 Å². The van der Waals surface area contributed by atoms with Gasteiger partial charge in [0.25, 0.3) is 11.6 Å². The predicted octanol–water partition coefficient (Wildman–Crippen LogP) is 1.17. The summed E-state index contributed by atoms with van der Waals surface area (Å²) in [4.78, 5) is 26.4. The minimum atomic E-state index is -0.876. The van der Waals surface area contributed by atoms with Crippen molar-refractivity contribution in [1.82, 2.24) is 15.5 Å². The number of nitrogens with one attached hydrogen (secondary N) is 1. The molecule has 0 aromatic carbocycles. The smallest absolute Gasteiger partial charge is 0.404 e. The number of amides is 2. The Morgan fingerprint density at radius 3 is 2.90 bits per heavy atom. The molecule has 0 saturated heterocycles. The molecule has 8 heteroatoms. The fraction of sp³-hybridized carbons (Fsp3) is 0.385. The second kappa shape index (κ2) is 6.21. The van der Waals surface area contributed by atoms with Crippen molar-refractivity contribution in [2.45, 2.75) is 19.8 Å². The maximum Gasteiger partial charge on any atom is 0.404 e. The first-order chi connectivity index (χ1) is 9.99. The number of fused-ring (bicyclic) bond motifs is 1. The number of carbonyl (C=O) groups is 2. The van der Waals surface area contributed by atoms with E-state index in [2.05, 4.69) is 20.2 Å². The highest BCUT2D eigenvalue weighted by atomic mass is 16.5. The van der Waals surface area contributed by atoms with Crippen LogP contribution in [-0.4, -0.2) is 35.3 Å². The molecule has 2 heterocycles. The Kier molecular flexibility index (Phi) is 4.36. The van der Waals surface area contributed by atoms with Crippen LogP contribution >= 0.6 is 0 Å². The molecule has 21 heavy (non-hydrogen) atoms. The highest BCUT2D eigenvalue weighted by Gasteiger charge is 2.15. The van der Waals surface area contributed by atoms with Crippen LogP contribution in [0.5, 0.6) is 0 Å². The molecule has 8 nitrogen and oxygen atoms in total. The lowest BCUT2D eigenvalue weighted by atomic mass is 10.1. The molecule has 0 aliphatic rings. The van der Waals surface area contributed by atoms with Crippen LogP contribution in [0.2, 0.25) is 0 Å². The number of nitrogens with zero attached hydrogens (tertiary/aromatic N) is 2. The minimum absolute atomic E-state index is 0.0151. The highest BCUT2D eigenvalue weighted by Crippen LogP contribution is 2.23. The number of hydrogen-bond donors (Lipinski definition) is 2. The van der Waals surface area contributed by atoms with Gasteiger partial charge in [0.1, 0.15) is 6.61 Å². The van der Waals surface area contributed by atoms with Gasteiger partial charge < -0.3 is 20.3 Å². The van der Waals surface area contributed by atoms with Gasteiger partial charge in [-0.05, 0) is 12.0 Å². The standard InChI is InChI=1S/C13H16N4O4/c1-7(2)10-9-5-8(6-16-12(9)21-17-10)11(18)15-3-4-20-13(14)19/h5-7H,3-4H2,1-2H3,(H2,14,19)(H,15,18). The molecule has 0 aliphatic carbocycles. The maximum atomic E-state index is 12.0. The number of carbonyl (C=O) groups excluding carboxylic acids is 2. The van der Waals surface area contributed by atoms with E-state index in [1.807, 2.05) is 13.8 Å². The zero-order valence-corrected chi connectivity index (χ0v) is 11.8. The number of ether oxygens (including phenoxy) is 1. The molecule has 2 amide bonds. The van der Waals surface area contributed by atoms with E-state index < -0.39 is 6.09 Å². The van der Waals surface area contributed by atoms with Gasteiger partial charge in [-0.15, -0.1) is 0 Å². The molecular formula is C13H16N4O4. The summed E-state index contributed by atoms with van der Waals surface area (Å²) in [6.07, 6.45) is 0.528. The molecule has 0 spiro atoms. The summed E-state index contributed by atoms with van der Waals surface area (Å²) in [5.74, 6) is -0.163. The van der Waals surface area contributed by atoms with E-state index in [-0.39, 0.29) is 25.0 Å². The number of primary amides is 1. The summed E-state index contributed by atoms with van der Waals surface area (Å²) in [7, 11) is 0. The van der Waals surface area contributed by atoms with E-state index in [9.17, 15) is 9.59 Å². The third-order valence-corrected chi connectivity index (χ3v) is 2.80. The Morgan fingerprint density at radius 1 is 1.48 bits per heavy atom. The summed E-state index contributed by atoms with van der Waals surface area (Å²) in [6, 6.07) is 1.68. The zero-order valence-electron chi connectivity index (χ0n) is 11.8. The second-order valence-corrected chi connectivity index (χ2v) is 4.72. The third kappa shape index (κ3) is 3.47. The molecule has 0 atom stereocenters. The molecule has 0 radical (unpaired) electrons. The van der Waals surface area contributed by atoms with Gasteiger partial charge in [0.05, 0.1) is 23.2 Å². The topological polar surface area (TPSA) is 120 Å². The fourth-order valence-corrected chi connectivity index (χ4v) is 1.81. The molecule has 112 valence electrons. The molecule has 2 rings (SSSR count). The van der Waals surface area contributed by atoms with Gasteiger partial charge in [-0.1, -0.05) is 19.0 Å². The molecular weight excluding hydrogens is 276 g/mol. The SMILES string of the molecule is CC(C)c1noc2ncc(C(=O)NCCOC(N)=O)cc12. The van der Waals surface area contributed by atoms with Gasteiger partial charge in [0, 0.05) is 6.20 Å². The van der Waals surface area contributed by atoms with Crippen LogP contribution < -0.4 is 11.1 Å². The molecule has 2 aromatic rings. The van der Waals surface area contributed by atoms with Gasteiger partial charge in [0.2, 0.25) is 0 Å². The number of rotatable bonds is 5. The van der Waals surface area contributed by atoms with Crippen LogP contribution in [0, 0.1) is 0 Å². The second-order valence-electron chi connectivity index (χ2n) is 4.72. The molecule has 0 saturated carbocycles. The normalized spacial score (nSPS) is 10.8. The average molecular weight is 292 g/mol. The minimum Gasteiger partial charge on any atom is -0.448 e. The van der Waals surface area contributed by atoms with Crippen molar-refractivity contribution in [2.75, 3.05) is 13.2 Å². The van der Waals surface area contributed by atoms with Crippen molar-refractivity contribution in [1.29, 1.82) is 0 Å². The molecule has 2 aromatic heterocycles. The van der Waals surface area contributed by atoms with E-state index in [0.29, 0.717) is 16.7 Å². The van der Waals surface area contributed by atoms with E-state index in [4.69, 9.17) is 10.3 Å². The Labute approximate surface area is 120 Å². The first-order valence-corrected chi connectivity index (χ1v) is 6.44. The van der Waals surface area contributed by atoms with Crippen LogP contribution in [0.3, 0.4) is 0 Å². The van der Waals surface area contributed by atoms with Crippen molar-refractivity contribution < 1.29 is 18.8 Å². The first-order valence-electron chi connectivity index (χ1n) is 6.44. The number of pyridine rings is 1. The fourth-order valence-electron chi connectivity index (χ4n) is 1.81. The lowest BCUT2D eigenvalue weighted by Gasteiger charge is -2.05. The van der Waals surface area contributed by atoms with Crippen molar-refractivity contribution in [3.05, 3.63) is 23.5 Å². The van der Waals surface area contributed by atoms with Crippen molar-refractivity contribution in [3.8, 4) is 0 Å². The molecule has 0 aliphatic heterocycles. The summed E-state index contributed by atoms with van der Waals surface area (Å²) in [5, 5.41) is 7.26. The van der Waals surface area contributed by atoms with Crippen LogP contribution in [-0.2, 0) is 4.74 Å². The molecule has 0 bridgehead atoms. The van der Waals surface area contributed by atoms with Gasteiger partial charge in [-0.3, -0.25) is 4.79 Å². The van der Waals surface area contributed by atoms with Gasteiger partial charge in [-0.2, -0.15) is 0 Å². The van der Waals surface area contributed by atoms with Gasteiger partial charge in [0.15, 0.2) is 0 Å². The van der Waals surface area contributed by atoms with Crippen LogP contribution in [0.25, 0.3) is 11.1 Å². The summed E-state index contributed by atoms with van der Waals surface area (Å²) >= 11 is 0. The maximum absolute atomic E-state index is 12.0. The van der Waals surface area contributed by atoms with E-state index in [1.165, 1.54) is 6.20 Å². The average Bonchev–Trinajstić information content (AvgIpc) is 2.86. The Bertz CT molecular complexity index is 665.